The van der Waals surface area contributed by atoms with Gasteiger partial charge in [-0.05, 0) is 12.0 Å². The van der Waals surface area contributed by atoms with Gasteiger partial charge in [-0.3, -0.25) is 9.58 Å². The van der Waals surface area contributed by atoms with Gasteiger partial charge in [0, 0.05) is 45.5 Å². The fourth-order valence-corrected chi connectivity index (χ4v) is 2.55. The minimum absolute atomic E-state index is 0.649. The predicted molar refractivity (Wildman–Crippen MR) is 69.7 cm³/mol. The van der Waals surface area contributed by atoms with Crippen molar-refractivity contribution < 1.29 is 0 Å². The minimum atomic E-state index is 0.649. The zero-order valence-corrected chi connectivity index (χ0v) is 11.2. The average Bonchev–Trinajstić information content (AvgIpc) is 2.74. The molecule has 1 N–H and O–H groups in total. The lowest BCUT2D eigenvalue weighted by Crippen LogP contribution is -2.53. The third-order valence-electron chi connectivity index (χ3n) is 3.83. The Morgan fingerprint density at radius 1 is 1.59 bits per heavy atom. The number of nitrogens with one attached hydrogen (secondary N) is 1. The van der Waals surface area contributed by atoms with Crippen molar-refractivity contribution >= 4 is 0 Å². The average molecular weight is 236 g/mol. The van der Waals surface area contributed by atoms with Crippen molar-refractivity contribution in [1.82, 2.24) is 20.0 Å². The second-order valence-electron chi connectivity index (χ2n) is 5.11. The Morgan fingerprint density at radius 3 is 3.06 bits per heavy atom. The molecule has 0 aromatic carbocycles. The maximum absolute atomic E-state index is 4.48. The van der Waals surface area contributed by atoms with Crippen molar-refractivity contribution in [2.45, 2.75) is 32.9 Å². The molecule has 2 unspecified atom stereocenters. The van der Waals surface area contributed by atoms with Crippen molar-refractivity contribution in [1.29, 1.82) is 0 Å². The summed E-state index contributed by atoms with van der Waals surface area (Å²) in [4.78, 5) is 2.58. The highest BCUT2D eigenvalue weighted by molar-refractivity contribution is 5.00. The van der Waals surface area contributed by atoms with Gasteiger partial charge in [-0.1, -0.05) is 20.3 Å². The molecule has 1 saturated heterocycles. The summed E-state index contributed by atoms with van der Waals surface area (Å²) < 4.78 is 1.88. The molecule has 1 aliphatic rings. The van der Waals surface area contributed by atoms with Crippen LogP contribution in [0.3, 0.4) is 0 Å². The molecule has 4 nitrogen and oxygen atoms in total. The van der Waals surface area contributed by atoms with E-state index in [1.54, 1.807) is 0 Å². The topological polar surface area (TPSA) is 33.1 Å². The number of rotatable bonds is 4. The van der Waals surface area contributed by atoms with E-state index in [4.69, 9.17) is 0 Å². The van der Waals surface area contributed by atoms with Crippen LogP contribution in [0.5, 0.6) is 0 Å². The van der Waals surface area contributed by atoms with Crippen molar-refractivity contribution in [2.24, 2.45) is 13.0 Å². The number of aromatic nitrogens is 2. The second-order valence-corrected chi connectivity index (χ2v) is 5.11. The Morgan fingerprint density at radius 2 is 2.41 bits per heavy atom. The Kier molecular flexibility index (Phi) is 4.18. The van der Waals surface area contributed by atoms with E-state index in [2.05, 4.69) is 35.2 Å². The molecule has 17 heavy (non-hydrogen) atoms. The first-order chi connectivity index (χ1) is 8.20. The van der Waals surface area contributed by atoms with Crippen molar-refractivity contribution in [3.05, 3.63) is 18.0 Å². The molecule has 4 heteroatoms. The Bertz CT molecular complexity index is 347. The number of hydrogen-bond acceptors (Lipinski definition) is 3. The lowest BCUT2D eigenvalue weighted by atomic mass is 9.96. The standard InChI is InChI=1S/C13H24N4/c1-4-11(2)13-9-14-6-8-17(13)10-12-5-7-16(3)15-12/h5,7,11,13-14H,4,6,8-10H2,1-3H3. The summed E-state index contributed by atoms with van der Waals surface area (Å²) >= 11 is 0. The second kappa shape index (κ2) is 5.65. The first kappa shape index (κ1) is 12.6. The van der Waals surface area contributed by atoms with E-state index >= 15 is 0 Å². The van der Waals surface area contributed by atoms with Crippen LogP contribution in [-0.4, -0.2) is 40.4 Å². The molecule has 96 valence electrons. The monoisotopic (exact) mass is 236 g/mol. The van der Waals surface area contributed by atoms with Gasteiger partial charge in [-0.25, -0.2) is 0 Å². The highest BCUT2D eigenvalue weighted by Gasteiger charge is 2.26. The largest absolute Gasteiger partial charge is 0.314 e. The third-order valence-corrected chi connectivity index (χ3v) is 3.83. The Balaban J connectivity index is 2.01. The van der Waals surface area contributed by atoms with Crippen LogP contribution in [0.2, 0.25) is 0 Å². The molecule has 1 aliphatic heterocycles. The van der Waals surface area contributed by atoms with Gasteiger partial charge in [-0.15, -0.1) is 0 Å². The van der Waals surface area contributed by atoms with Crippen LogP contribution in [0.1, 0.15) is 26.0 Å². The summed E-state index contributed by atoms with van der Waals surface area (Å²) in [6, 6.07) is 2.77. The van der Waals surface area contributed by atoms with Gasteiger partial charge in [0.05, 0.1) is 5.69 Å². The van der Waals surface area contributed by atoms with Gasteiger partial charge in [0.1, 0.15) is 0 Å². The van der Waals surface area contributed by atoms with Crippen LogP contribution >= 0.6 is 0 Å². The lowest BCUT2D eigenvalue weighted by molar-refractivity contribution is 0.107. The van der Waals surface area contributed by atoms with E-state index in [1.165, 1.54) is 12.1 Å². The number of nitrogens with zero attached hydrogens (tertiary/aromatic N) is 3. The quantitative estimate of drug-likeness (QED) is 0.854. The van der Waals surface area contributed by atoms with Gasteiger partial charge in [0.25, 0.3) is 0 Å². The molecule has 2 atom stereocenters. The Labute approximate surface area is 104 Å². The molecule has 0 spiro atoms. The smallest absolute Gasteiger partial charge is 0.0764 e. The molecular formula is C13H24N4. The molecule has 1 fully saturated rings. The fraction of sp³-hybridized carbons (Fsp3) is 0.769. The molecule has 0 saturated carbocycles. The zero-order valence-electron chi connectivity index (χ0n) is 11.2. The van der Waals surface area contributed by atoms with E-state index in [9.17, 15) is 0 Å². The molecule has 1 aromatic rings. The molecule has 0 bridgehead atoms. The van der Waals surface area contributed by atoms with Crippen LogP contribution in [0.25, 0.3) is 0 Å². The van der Waals surface area contributed by atoms with Gasteiger partial charge in [-0.2, -0.15) is 5.10 Å². The summed E-state index contributed by atoms with van der Waals surface area (Å²) in [5, 5.41) is 7.98. The van der Waals surface area contributed by atoms with Gasteiger partial charge in [0.15, 0.2) is 0 Å². The van der Waals surface area contributed by atoms with Crippen molar-refractivity contribution in [2.75, 3.05) is 19.6 Å². The number of piperazine rings is 1. The lowest BCUT2D eigenvalue weighted by Gasteiger charge is -2.39. The normalized spacial score (nSPS) is 23.8. The summed E-state index contributed by atoms with van der Waals surface area (Å²) in [5.41, 5.74) is 1.18. The number of hydrogen-bond donors (Lipinski definition) is 1. The van der Waals surface area contributed by atoms with Gasteiger partial charge in [0.2, 0.25) is 0 Å². The zero-order chi connectivity index (χ0) is 12.3. The van der Waals surface area contributed by atoms with E-state index in [0.29, 0.717) is 6.04 Å². The van der Waals surface area contributed by atoms with E-state index in [0.717, 1.165) is 32.1 Å². The van der Waals surface area contributed by atoms with E-state index in [1.807, 2.05) is 17.9 Å². The maximum Gasteiger partial charge on any atom is 0.0764 e. The first-order valence-corrected chi connectivity index (χ1v) is 6.64. The molecule has 2 heterocycles. The SMILES string of the molecule is CCC(C)C1CNCCN1Cc1ccn(C)n1. The molecule has 0 radical (unpaired) electrons. The molecular weight excluding hydrogens is 212 g/mol. The third kappa shape index (κ3) is 3.07. The Hall–Kier alpha value is -0.870. The van der Waals surface area contributed by atoms with Gasteiger partial charge >= 0.3 is 0 Å². The van der Waals surface area contributed by atoms with Crippen LogP contribution in [0, 0.1) is 5.92 Å². The van der Waals surface area contributed by atoms with Crippen LogP contribution in [0.4, 0.5) is 0 Å². The molecule has 2 rings (SSSR count). The number of aryl methyl sites for hydroxylation is 1. The highest BCUT2D eigenvalue weighted by atomic mass is 15.3. The maximum atomic E-state index is 4.48. The molecule has 0 amide bonds. The van der Waals surface area contributed by atoms with E-state index in [-0.39, 0.29) is 0 Å². The fourth-order valence-electron chi connectivity index (χ4n) is 2.55. The molecule has 1 aromatic heterocycles. The van der Waals surface area contributed by atoms with Crippen LogP contribution in [-0.2, 0) is 13.6 Å². The van der Waals surface area contributed by atoms with Crippen LogP contribution < -0.4 is 5.32 Å². The highest BCUT2D eigenvalue weighted by Crippen LogP contribution is 2.18. The summed E-state index contributed by atoms with van der Waals surface area (Å²) in [6.45, 7) is 8.95. The van der Waals surface area contributed by atoms with Gasteiger partial charge < -0.3 is 5.32 Å². The summed E-state index contributed by atoms with van der Waals surface area (Å²) in [6.07, 6.45) is 3.26. The van der Waals surface area contributed by atoms with Crippen molar-refractivity contribution in [3.63, 3.8) is 0 Å². The molecule has 0 aliphatic carbocycles. The summed E-state index contributed by atoms with van der Waals surface area (Å²) in [7, 11) is 1.98. The minimum Gasteiger partial charge on any atom is -0.314 e. The first-order valence-electron chi connectivity index (χ1n) is 6.64. The van der Waals surface area contributed by atoms with E-state index < -0.39 is 0 Å². The summed E-state index contributed by atoms with van der Waals surface area (Å²) in [5.74, 6) is 0.742. The predicted octanol–water partition coefficient (Wildman–Crippen LogP) is 1.24. The van der Waals surface area contributed by atoms with Crippen molar-refractivity contribution in [3.8, 4) is 0 Å². The van der Waals surface area contributed by atoms with Crippen LogP contribution in [0.15, 0.2) is 12.3 Å².